The van der Waals surface area contributed by atoms with E-state index in [-0.39, 0.29) is 6.10 Å². The molecule has 2 unspecified atom stereocenters. The van der Waals surface area contributed by atoms with E-state index in [1.165, 1.54) is 11.3 Å². The monoisotopic (exact) mass is 234 g/mol. The number of piperidine rings is 1. The summed E-state index contributed by atoms with van der Waals surface area (Å²) in [7, 11) is 1.96. The Bertz CT molecular complexity index is 367. The van der Waals surface area contributed by atoms with Crippen molar-refractivity contribution in [2.75, 3.05) is 25.0 Å². The van der Waals surface area contributed by atoms with Crippen molar-refractivity contribution >= 4 is 5.69 Å². The number of benzene rings is 1. The van der Waals surface area contributed by atoms with Crippen molar-refractivity contribution in [1.29, 1.82) is 0 Å². The zero-order chi connectivity index (χ0) is 12.3. The lowest BCUT2D eigenvalue weighted by Crippen LogP contribution is -2.43. The quantitative estimate of drug-likeness (QED) is 0.834. The normalized spacial score (nSPS) is 25.0. The Labute approximate surface area is 103 Å². The summed E-state index contributed by atoms with van der Waals surface area (Å²) in [5.41, 5.74) is 2.56. The van der Waals surface area contributed by atoms with Gasteiger partial charge < -0.3 is 15.3 Å². The van der Waals surface area contributed by atoms with Crippen LogP contribution in [-0.4, -0.2) is 31.3 Å². The van der Waals surface area contributed by atoms with Gasteiger partial charge in [0.05, 0.1) is 6.10 Å². The summed E-state index contributed by atoms with van der Waals surface area (Å²) in [5, 5.41) is 13.2. The Morgan fingerprint density at radius 2 is 2.18 bits per heavy atom. The molecule has 1 aliphatic rings. The van der Waals surface area contributed by atoms with Crippen molar-refractivity contribution in [2.24, 2.45) is 5.92 Å². The van der Waals surface area contributed by atoms with Crippen molar-refractivity contribution in [2.45, 2.75) is 26.0 Å². The standard InChI is InChI=1S/C14H22N2O/c1-11-7-8-16(10-14(11)17)13-6-4-3-5-12(13)9-15-2/h3-6,11,14-15,17H,7-10H2,1-2H3. The third-order valence-electron chi connectivity index (χ3n) is 3.62. The third-order valence-corrected chi connectivity index (χ3v) is 3.62. The molecule has 1 heterocycles. The summed E-state index contributed by atoms with van der Waals surface area (Å²) in [5.74, 6) is 0.419. The maximum atomic E-state index is 9.97. The number of β-amino-alcohol motifs (C(OH)–C–C–N with tert-alkyl or cyclic N) is 1. The van der Waals surface area contributed by atoms with E-state index in [0.29, 0.717) is 5.92 Å². The van der Waals surface area contributed by atoms with E-state index in [4.69, 9.17) is 0 Å². The molecule has 0 spiro atoms. The molecule has 17 heavy (non-hydrogen) atoms. The molecule has 0 bridgehead atoms. The van der Waals surface area contributed by atoms with Crippen LogP contribution in [0.3, 0.4) is 0 Å². The van der Waals surface area contributed by atoms with Crippen LogP contribution in [0.25, 0.3) is 0 Å². The molecule has 2 rings (SSSR count). The summed E-state index contributed by atoms with van der Waals surface area (Å²) in [6.07, 6.45) is 0.862. The summed E-state index contributed by atoms with van der Waals surface area (Å²) >= 11 is 0. The van der Waals surface area contributed by atoms with Crippen LogP contribution >= 0.6 is 0 Å². The fourth-order valence-electron chi connectivity index (χ4n) is 2.43. The zero-order valence-electron chi connectivity index (χ0n) is 10.7. The van der Waals surface area contributed by atoms with Gasteiger partial charge in [0.1, 0.15) is 0 Å². The molecule has 3 heteroatoms. The van der Waals surface area contributed by atoms with E-state index in [0.717, 1.165) is 26.1 Å². The average molecular weight is 234 g/mol. The van der Waals surface area contributed by atoms with E-state index >= 15 is 0 Å². The molecule has 1 aliphatic heterocycles. The summed E-state index contributed by atoms with van der Waals surface area (Å²) in [6.45, 7) is 4.79. The summed E-state index contributed by atoms with van der Waals surface area (Å²) in [4.78, 5) is 2.30. The second-order valence-electron chi connectivity index (χ2n) is 4.94. The van der Waals surface area contributed by atoms with Crippen LogP contribution in [0.15, 0.2) is 24.3 Å². The number of aliphatic hydroxyl groups excluding tert-OH is 1. The number of nitrogens with one attached hydrogen (secondary N) is 1. The van der Waals surface area contributed by atoms with Gasteiger partial charge in [-0.15, -0.1) is 0 Å². The molecule has 94 valence electrons. The van der Waals surface area contributed by atoms with E-state index in [1.807, 2.05) is 7.05 Å². The van der Waals surface area contributed by atoms with Crippen LogP contribution in [0, 0.1) is 5.92 Å². The lowest BCUT2D eigenvalue weighted by molar-refractivity contribution is 0.103. The van der Waals surface area contributed by atoms with Crippen LogP contribution in [-0.2, 0) is 6.54 Å². The molecule has 1 aromatic rings. The third kappa shape index (κ3) is 2.79. The second kappa shape index (κ2) is 5.52. The highest BCUT2D eigenvalue weighted by molar-refractivity contribution is 5.54. The molecule has 0 aliphatic carbocycles. The van der Waals surface area contributed by atoms with Crippen molar-refractivity contribution in [3.63, 3.8) is 0 Å². The molecular formula is C14H22N2O. The SMILES string of the molecule is CNCc1ccccc1N1CCC(C)C(O)C1. The molecule has 1 saturated heterocycles. The Kier molecular flexibility index (Phi) is 4.02. The predicted molar refractivity (Wildman–Crippen MR) is 71.2 cm³/mol. The molecule has 0 aromatic heterocycles. The number of rotatable bonds is 3. The number of nitrogens with zero attached hydrogens (tertiary/aromatic N) is 1. The Hall–Kier alpha value is -1.06. The Balaban J connectivity index is 2.16. The average Bonchev–Trinajstić information content (AvgIpc) is 2.34. The minimum atomic E-state index is -0.202. The van der Waals surface area contributed by atoms with Crippen molar-refractivity contribution < 1.29 is 5.11 Å². The van der Waals surface area contributed by atoms with E-state index < -0.39 is 0 Å². The van der Waals surface area contributed by atoms with Gasteiger partial charge in [-0.1, -0.05) is 25.1 Å². The van der Waals surface area contributed by atoms with Crippen LogP contribution in [0.1, 0.15) is 18.9 Å². The van der Waals surface area contributed by atoms with E-state index in [1.54, 1.807) is 0 Å². The highest BCUT2D eigenvalue weighted by Crippen LogP contribution is 2.26. The first-order valence-corrected chi connectivity index (χ1v) is 6.38. The number of hydrogen-bond donors (Lipinski definition) is 2. The van der Waals surface area contributed by atoms with Gasteiger partial charge in [-0.2, -0.15) is 0 Å². The van der Waals surface area contributed by atoms with Gasteiger partial charge in [0.25, 0.3) is 0 Å². The van der Waals surface area contributed by atoms with Crippen LogP contribution < -0.4 is 10.2 Å². The number of hydrogen-bond acceptors (Lipinski definition) is 3. The van der Waals surface area contributed by atoms with Gasteiger partial charge >= 0.3 is 0 Å². The maximum absolute atomic E-state index is 9.97. The van der Waals surface area contributed by atoms with E-state index in [2.05, 4.69) is 41.4 Å². The maximum Gasteiger partial charge on any atom is 0.0741 e. The lowest BCUT2D eigenvalue weighted by Gasteiger charge is -2.36. The van der Waals surface area contributed by atoms with Gasteiger partial charge in [-0.25, -0.2) is 0 Å². The fraction of sp³-hybridized carbons (Fsp3) is 0.571. The number of anilines is 1. The van der Waals surface area contributed by atoms with Gasteiger partial charge in [-0.3, -0.25) is 0 Å². The molecule has 1 fully saturated rings. The predicted octanol–water partition coefficient (Wildman–Crippen LogP) is 1.61. The molecule has 0 radical (unpaired) electrons. The summed E-state index contributed by atoms with van der Waals surface area (Å²) in [6, 6.07) is 8.43. The fourth-order valence-corrected chi connectivity index (χ4v) is 2.43. The first-order valence-electron chi connectivity index (χ1n) is 6.38. The Morgan fingerprint density at radius 1 is 1.41 bits per heavy atom. The zero-order valence-corrected chi connectivity index (χ0v) is 10.7. The molecule has 2 N–H and O–H groups in total. The molecule has 2 atom stereocenters. The Morgan fingerprint density at radius 3 is 2.88 bits per heavy atom. The smallest absolute Gasteiger partial charge is 0.0741 e. The number of para-hydroxylation sites is 1. The molecular weight excluding hydrogens is 212 g/mol. The van der Waals surface area contributed by atoms with Crippen molar-refractivity contribution in [3.05, 3.63) is 29.8 Å². The first-order chi connectivity index (χ1) is 8.22. The van der Waals surface area contributed by atoms with Crippen LogP contribution in [0.5, 0.6) is 0 Å². The van der Waals surface area contributed by atoms with Gasteiger partial charge in [0, 0.05) is 25.3 Å². The van der Waals surface area contributed by atoms with Crippen molar-refractivity contribution in [1.82, 2.24) is 5.32 Å². The minimum absolute atomic E-state index is 0.202. The lowest BCUT2D eigenvalue weighted by atomic mass is 9.95. The van der Waals surface area contributed by atoms with E-state index in [9.17, 15) is 5.11 Å². The molecule has 0 amide bonds. The second-order valence-corrected chi connectivity index (χ2v) is 4.94. The van der Waals surface area contributed by atoms with Crippen LogP contribution in [0.2, 0.25) is 0 Å². The minimum Gasteiger partial charge on any atom is -0.391 e. The molecule has 0 saturated carbocycles. The topological polar surface area (TPSA) is 35.5 Å². The van der Waals surface area contributed by atoms with Gasteiger partial charge in [-0.05, 0) is 31.0 Å². The van der Waals surface area contributed by atoms with Crippen LogP contribution in [0.4, 0.5) is 5.69 Å². The highest BCUT2D eigenvalue weighted by Gasteiger charge is 2.25. The molecule has 1 aromatic carbocycles. The number of aliphatic hydroxyl groups is 1. The molecule has 3 nitrogen and oxygen atoms in total. The largest absolute Gasteiger partial charge is 0.391 e. The van der Waals surface area contributed by atoms with Gasteiger partial charge in [0.15, 0.2) is 0 Å². The summed E-state index contributed by atoms with van der Waals surface area (Å²) < 4.78 is 0. The first kappa shape index (κ1) is 12.4. The highest BCUT2D eigenvalue weighted by atomic mass is 16.3. The van der Waals surface area contributed by atoms with Gasteiger partial charge in [0.2, 0.25) is 0 Å². The van der Waals surface area contributed by atoms with Crippen molar-refractivity contribution in [3.8, 4) is 0 Å².